The molecule has 7 nitrogen and oxygen atoms in total. The van der Waals surface area contributed by atoms with E-state index in [9.17, 15) is 14.7 Å². The van der Waals surface area contributed by atoms with Crippen LogP contribution in [0.4, 0.5) is 4.79 Å². The lowest BCUT2D eigenvalue weighted by atomic mass is 9.96. The molecule has 1 aromatic rings. The molecule has 2 rings (SSSR count). The van der Waals surface area contributed by atoms with Crippen LogP contribution in [0.3, 0.4) is 0 Å². The summed E-state index contributed by atoms with van der Waals surface area (Å²) in [5, 5.41) is 14.4. The molecule has 1 aliphatic rings. The van der Waals surface area contributed by atoms with E-state index in [4.69, 9.17) is 0 Å². The van der Waals surface area contributed by atoms with Crippen LogP contribution >= 0.6 is 0 Å². The van der Waals surface area contributed by atoms with Gasteiger partial charge in [-0.15, -0.1) is 0 Å². The summed E-state index contributed by atoms with van der Waals surface area (Å²) >= 11 is 0. The van der Waals surface area contributed by atoms with E-state index >= 15 is 0 Å². The Morgan fingerprint density at radius 3 is 2.84 bits per heavy atom. The Balaban J connectivity index is 1.78. The second-order valence-electron chi connectivity index (χ2n) is 4.95. The number of imidazole rings is 1. The minimum Gasteiger partial charge on any atom is -0.480 e. The average molecular weight is 266 g/mol. The second kappa shape index (κ2) is 5.29. The summed E-state index contributed by atoms with van der Waals surface area (Å²) < 4.78 is 0. The molecular weight excluding hydrogens is 248 g/mol. The maximum absolute atomic E-state index is 11.7. The lowest BCUT2D eigenvalue weighted by molar-refractivity contribution is -0.144. The number of urea groups is 1. The first-order chi connectivity index (χ1) is 9.02. The minimum atomic E-state index is -1.17. The van der Waals surface area contributed by atoms with Gasteiger partial charge in [-0.05, 0) is 25.7 Å². The SMILES string of the molecule is CC(NC(=O)NCCc1ncc[nH]1)(C(=O)O)C1CC1. The first kappa shape index (κ1) is 13.4. The Morgan fingerprint density at radius 2 is 2.32 bits per heavy atom. The normalized spacial score (nSPS) is 17.5. The fourth-order valence-corrected chi connectivity index (χ4v) is 2.00. The number of H-pyrrole nitrogens is 1. The molecule has 4 N–H and O–H groups in total. The second-order valence-corrected chi connectivity index (χ2v) is 4.95. The first-order valence-electron chi connectivity index (χ1n) is 6.30. The number of rotatable bonds is 6. The van der Waals surface area contributed by atoms with E-state index in [0.29, 0.717) is 13.0 Å². The van der Waals surface area contributed by atoms with Gasteiger partial charge in [0.15, 0.2) is 0 Å². The van der Waals surface area contributed by atoms with Gasteiger partial charge in [0.25, 0.3) is 0 Å². The summed E-state index contributed by atoms with van der Waals surface area (Å²) in [6.45, 7) is 1.96. The largest absolute Gasteiger partial charge is 0.480 e. The number of aromatic nitrogens is 2. The highest BCUT2D eigenvalue weighted by Gasteiger charge is 2.48. The van der Waals surface area contributed by atoms with Crippen molar-refractivity contribution in [1.82, 2.24) is 20.6 Å². The van der Waals surface area contributed by atoms with Crippen LogP contribution in [0.5, 0.6) is 0 Å². The van der Waals surface area contributed by atoms with Crippen molar-refractivity contribution < 1.29 is 14.7 Å². The molecular formula is C12H18N4O3. The molecule has 0 radical (unpaired) electrons. The third-order valence-electron chi connectivity index (χ3n) is 3.41. The van der Waals surface area contributed by atoms with Crippen LogP contribution in [-0.4, -0.2) is 39.2 Å². The number of nitrogens with zero attached hydrogens (tertiary/aromatic N) is 1. The van der Waals surface area contributed by atoms with Crippen LogP contribution in [-0.2, 0) is 11.2 Å². The summed E-state index contributed by atoms with van der Waals surface area (Å²) in [4.78, 5) is 29.9. The van der Waals surface area contributed by atoms with Crippen LogP contribution in [0.2, 0.25) is 0 Å². The summed E-state index contributed by atoms with van der Waals surface area (Å²) in [5.74, 6) is -0.180. The number of carbonyl (C=O) groups is 2. The molecule has 1 atom stereocenters. The molecule has 2 amide bonds. The fraction of sp³-hybridized carbons (Fsp3) is 0.583. The van der Waals surface area contributed by atoms with Crippen LogP contribution < -0.4 is 10.6 Å². The van der Waals surface area contributed by atoms with E-state index in [0.717, 1.165) is 18.7 Å². The maximum atomic E-state index is 11.7. The molecule has 1 aliphatic carbocycles. The van der Waals surface area contributed by atoms with Gasteiger partial charge in [0, 0.05) is 25.4 Å². The zero-order valence-electron chi connectivity index (χ0n) is 10.8. The van der Waals surface area contributed by atoms with Gasteiger partial charge >= 0.3 is 12.0 Å². The number of carboxylic acid groups (broad SMARTS) is 1. The van der Waals surface area contributed by atoms with Crippen molar-refractivity contribution in [3.63, 3.8) is 0 Å². The van der Waals surface area contributed by atoms with Crippen molar-refractivity contribution in [3.8, 4) is 0 Å². The van der Waals surface area contributed by atoms with Gasteiger partial charge in [-0.2, -0.15) is 0 Å². The van der Waals surface area contributed by atoms with Crippen molar-refractivity contribution >= 4 is 12.0 Å². The van der Waals surface area contributed by atoms with Crippen LogP contribution in [0.25, 0.3) is 0 Å². The van der Waals surface area contributed by atoms with Crippen LogP contribution in [0, 0.1) is 5.92 Å². The number of aromatic amines is 1. The van der Waals surface area contributed by atoms with Crippen LogP contribution in [0.1, 0.15) is 25.6 Å². The summed E-state index contributed by atoms with van der Waals surface area (Å²) in [6.07, 6.45) is 5.62. The van der Waals surface area contributed by atoms with Crippen molar-refractivity contribution in [2.75, 3.05) is 6.54 Å². The van der Waals surface area contributed by atoms with Crippen LogP contribution in [0.15, 0.2) is 12.4 Å². The number of carboxylic acids is 1. The number of hydrogen-bond donors (Lipinski definition) is 4. The van der Waals surface area contributed by atoms with Gasteiger partial charge in [0.2, 0.25) is 0 Å². The van der Waals surface area contributed by atoms with Gasteiger partial charge in [-0.25, -0.2) is 14.6 Å². The predicted octanol–water partition coefficient (Wildman–Crippen LogP) is 0.505. The Morgan fingerprint density at radius 1 is 1.58 bits per heavy atom. The Hall–Kier alpha value is -2.05. The van der Waals surface area contributed by atoms with Crippen molar-refractivity contribution in [2.24, 2.45) is 5.92 Å². The molecule has 104 valence electrons. The molecule has 7 heteroatoms. The van der Waals surface area contributed by atoms with E-state index in [2.05, 4.69) is 20.6 Å². The monoisotopic (exact) mass is 266 g/mol. The maximum Gasteiger partial charge on any atom is 0.329 e. The van der Waals surface area contributed by atoms with Gasteiger partial charge in [0.05, 0.1) is 0 Å². The smallest absolute Gasteiger partial charge is 0.329 e. The lowest BCUT2D eigenvalue weighted by Crippen LogP contribution is -2.56. The standard InChI is InChI=1S/C12H18N4O3/c1-12(10(17)18,8-2-3-8)16-11(19)15-5-4-9-13-6-7-14-9/h6-8H,2-5H2,1H3,(H,13,14)(H,17,18)(H2,15,16,19). The number of hydrogen-bond acceptors (Lipinski definition) is 3. The highest BCUT2D eigenvalue weighted by molar-refractivity contribution is 5.86. The third-order valence-corrected chi connectivity index (χ3v) is 3.41. The number of carbonyl (C=O) groups excluding carboxylic acids is 1. The molecule has 19 heavy (non-hydrogen) atoms. The third kappa shape index (κ3) is 3.24. The summed E-state index contributed by atoms with van der Waals surface area (Å²) in [5.41, 5.74) is -1.17. The van der Waals surface area contributed by atoms with Crippen molar-refractivity contribution in [2.45, 2.75) is 31.7 Å². The molecule has 0 saturated heterocycles. The van der Waals surface area contributed by atoms with E-state index in [1.165, 1.54) is 0 Å². The summed E-state index contributed by atoms with van der Waals surface area (Å²) in [7, 11) is 0. The van der Waals surface area contributed by atoms with E-state index < -0.39 is 17.5 Å². The Kier molecular flexibility index (Phi) is 3.73. The van der Waals surface area contributed by atoms with Gasteiger partial charge in [0.1, 0.15) is 11.4 Å². The molecule has 0 aromatic carbocycles. The minimum absolute atomic E-state index is 0.0285. The van der Waals surface area contributed by atoms with E-state index in [1.54, 1.807) is 19.3 Å². The Bertz CT molecular complexity index is 456. The van der Waals surface area contributed by atoms with E-state index in [-0.39, 0.29) is 5.92 Å². The number of nitrogens with one attached hydrogen (secondary N) is 3. The number of amides is 2. The highest BCUT2D eigenvalue weighted by atomic mass is 16.4. The average Bonchev–Trinajstić information content (AvgIpc) is 3.08. The molecule has 1 aromatic heterocycles. The zero-order valence-corrected chi connectivity index (χ0v) is 10.8. The van der Waals surface area contributed by atoms with Crippen molar-refractivity contribution in [1.29, 1.82) is 0 Å². The van der Waals surface area contributed by atoms with Crippen molar-refractivity contribution in [3.05, 3.63) is 18.2 Å². The van der Waals surface area contributed by atoms with E-state index in [1.807, 2.05) is 0 Å². The number of aliphatic carboxylic acids is 1. The van der Waals surface area contributed by atoms with Gasteiger partial charge in [-0.1, -0.05) is 0 Å². The van der Waals surface area contributed by atoms with Gasteiger partial charge in [-0.3, -0.25) is 0 Å². The molecule has 1 unspecified atom stereocenters. The quantitative estimate of drug-likeness (QED) is 0.601. The molecule has 0 bridgehead atoms. The Labute approximate surface area is 110 Å². The topological polar surface area (TPSA) is 107 Å². The molecule has 1 heterocycles. The fourth-order valence-electron chi connectivity index (χ4n) is 2.00. The molecule has 0 aliphatic heterocycles. The lowest BCUT2D eigenvalue weighted by Gasteiger charge is -2.26. The zero-order chi connectivity index (χ0) is 13.9. The summed E-state index contributed by atoms with van der Waals surface area (Å²) in [6, 6.07) is -0.455. The molecule has 1 fully saturated rings. The molecule has 0 spiro atoms. The molecule has 1 saturated carbocycles. The van der Waals surface area contributed by atoms with Gasteiger partial charge < -0.3 is 20.7 Å². The first-order valence-corrected chi connectivity index (χ1v) is 6.30. The highest BCUT2D eigenvalue weighted by Crippen LogP contribution is 2.39. The predicted molar refractivity (Wildman–Crippen MR) is 67.6 cm³/mol.